The Morgan fingerprint density at radius 1 is 1.26 bits per heavy atom. The van der Waals surface area contributed by atoms with Crippen molar-refractivity contribution < 1.29 is 22.9 Å². The summed E-state index contributed by atoms with van der Waals surface area (Å²) in [4.78, 5) is 31.1. The zero-order chi connectivity index (χ0) is 27.8. The first-order chi connectivity index (χ1) is 18.6. The van der Waals surface area contributed by atoms with Crippen LogP contribution in [-0.4, -0.2) is 51.5 Å². The lowest BCUT2D eigenvalue weighted by atomic mass is 9.90. The second kappa shape index (κ2) is 10.8. The van der Waals surface area contributed by atoms with Gasteiger partial charge in [0.2, 0.25) is 6.73 Å². The van der Waals surface area contributed by atoms with Gasteiger partial charge in [-0.3, -0.25) is 18.6 Å². The fourth-order valence-corrected chi connectivity index (χ4v) is 5.93. The Labute approximate surface area is 228 Å². The van der Waals surface area contributed by atoms with Gasteiger partial charge in [-0.2, -0.15) is 0 Å². The minimum atomic E-state index is -0.547. The number of likely N-dealkylation sites (tertiary alicyclic amines) is 1. The molecule has 0 spiro atoms. The van der Waals surface area contributed by atoms with E-state index in [2.05, 4.69) is 5.16 Å². The molecule has 5 rings (SSSR count). The van der Waals surface area contributed by atoms with Gasteiger partial charge in [0.25, 0.3) is 5.56 Å². The SMILES string of the molecule is CCC(C)(C)C(=O)OC[N+]1(CCc2c(C)nc3n(c2=O)CCCC3)CCC(c2noc3cc(F)ccc23)CC1. The van der Waals surface area contributed by atoms with Gasteiger partial charge < -0.3 is 9.26 Å². The van der Waals surface area contributed by atoms with Crippen LogP contribution in [0.4, 0.5) is 4.39 Å². The molecule has 2 aliphatic heterocycles. The standard InChI is InChI=1S/C30H40FN4O4/c1-5-30(3,4)29(37)38-19-35(17-13-23-20(2)32-26-8-6-7-14-34(26)28(23)36)15-11-21(12-16-35)27-24-10-9-22(31)18-25(24)39-33-27/h9-10,18,21H,5-8,11-17,19H2,1-4H3/q+1. The number of hydrogen-bond donors (Lipinski definition) is 0. The van der Waals surface area contributed by atoms with Gasteiger partial charge in [-0.1, -0.05) is 12.1 Å². The largest absolute Gasteiger partial charge is 0.415 e. The molecule has 0 unspecified atom stereocenters. The summed E-state index contributed by atoms with van der Waals surface area (Å²) in [6, 6.07) is 4.55. The molecule has 0 radical (unpaired) electrons. The molecule has 1 fully saturated rings. The number of esters is 1. The average Bonchev–Trinajstić information content (AvgIpc) is 3.35. The summed E-state index contributed by atoms with van der Waals surface area (Å²) < 4.78 is 27.5. The van der Waals surface area contributed by atoms with E-state index in [4.69, 9.17) is 14.2 Å². The van der Waals surface area contributed by atoms with Crippen LogP contribution in [0.3, 0.4) is 0 Å². The molecule has 4 heterocycles. The number of fused-ring (bicyclic) bond motifs is 2. The van der Waals surface area contributed by atoms with Crippen LogP contribution in [0.15, 0.2) is 27.5 Å². The molecular formula is C30H40FN4O4+. The molecule has 0 saturated carbocycles. The molecule has 0 N–H and O–H groups in total. The zero-order valence-corrected chi connectivity index (χ0v) is 23.6. The van der Waals surface area contributed by atoms with Gasteiger partial charge in [0.15, 0.2) is 5.58 Å². The number of carbonyl (C=O) groups is 1. The summed E-state index contributed by atoms with van der Waals surface area (Å²) in [5, 5.41) is 5.15. The lowest BCUT2D eigenvalue weighted by molar-refractivity contribution is -0.948. The van der Waals surface area contributed by atoms with Crippen molar-refractivity contribution in [3.05, 3.63) is 57.1 Å². The van der Waals surface area contributed by atoms with E-state index in [9.17, 15) is 14.0 Å². The summed E-state index contributed by atoms with van der Waals surface area (Å²) >= 11 is 0. The Bertz CT molecular complexity index is 1420. The maximum Gasteiger partial charge on any atom is 0.315 e. The molecular weight excluding hydrogens is 499 g/mol. The zero-order valence-electron chi connectivity index (χ0n) is 23.6. The Morgan fingerprint density at radius 3 is 2.77 bits per heavy atom. The van der Waals surface area contributed by atoms with E-state index in [1.807, 2.05) is 32.3 Å². The second-order valence-corrected chi connectivity index (χ2v) is 12.0. The fourth-order valence-electron chi connectivity index (χ4n) is 5.93. The lowest BCUT2D eigenvalue weighted by Gasteiger charge is -2.43. The summed E-state index contributed by atoms with van der Waals surface area (Å²) in [7, 11) is 0. The number of carbonyl (C=O) groups excluding carboxylic acids is 1. The van der Waals surface area contributed by atoms with E-state index in [1.165, 1.54) is 12.1 Å². The number of benzene rings is 1. The van der Waals surface area contributed by atoms with E-state index >= 15 is 0 Å². The summed E-state index contributed by atoms with van der Waals surface area (Å²) in [5.41, 5.74) is 2.43. The summed E-state index contributed by atoms with van der Waals surface area (Å²) in [5.74, 6) is 0.529. The Hall–Kier alpha value is -3.07. The van der Waals surface area contributed by atoms with E-state index in [0.717, 1.165) is 79.9 Å². The first-order valence-corrected chi connectivity index (χ1v) is 14.3. The number of halogens is 1. The van der Waals surface area contributed by atoms with E-state index < -0.39 is 5.41 Å². The van der Waals surface area contributed by atoms with Crippen LogP contribution in [0.2, 0.25) is 0 Å². The molecule has 0 amide bonds. The van der Waals surface area contributed by atoms with Crippen LogP contribution in [-0.2, 0) is 28.9 Å². The molecule has 9 heteroatoms. The fraction of sp³-hybridized carbons (Fsp3) is 0.600. The molecule has 1 aromatic carbocycles. The monoisotopic (exact) mass is 539 g/mol. The van der Waals surface area contributed by atoms with Gasteiger partial charge in [-0.25, -0.2) is 9.37 Å². The number of rotatable bonds is 8. The number of aryl methyl sites for hydroxylation is 2. The van der Waals surface area contributed by atoms with Crippen molar-refractivity contribution in [1.29, 1.82) is 0 Å². The lowest BCUT2D eigenvalue weighted by Crippen LogP contribution is -2.56. The van der Waals surface area contributed by atoms with Crippen molar-refractivity contribution in [1.82, 2.24) is 14.7 Å². The molecule has 210 valence electrons. The minimum absolute atomic E-state index is 0.0793. The van der Waals surface area contributed by atoms with Gasteiger partial charge >= 0.3 is 5.97 Å². The van der Waals surface area contributed by atoms with Crippen molar-refractivity contribution in [2.24, 2.45) is 5.41 Å². The van der Waals surface area contributed by atoms with Crippen LogP contribution in [0.1, 0.15) is 81.6 Å². The van der Waals surface area contributed by atoms with Crippen LogP contribution >= 0.6 is 0 Å². The van der Waals surface area contributed by atoms with Crippen molar-refractivity contribution >= 4 is 16.9 Å². The van der Waals surface area contributed by atoms with E-state index in [0.29, 0.717) is 29.5 Å². The number of piperidine rings is 1. The highest BCUT2D eigenvalue weighted by Gasteiger charge is 2.39. The van der Waals surface area contributed by atoms with Gasteiger partial charge in [0.05, 0.1) is 30.7 Å². The van der Waals surface area contributed by atoms with Gasteiger partial charge in [-0.15, -0.1) is 0 Å². The second-order valence-electron chi connectivity index (χ2n) is 12.0. The Balaban J connectivity index is 1.36. The van der Waals surface area contributed by atoms with Gasteiger partial charge in [-0.05, 0) is 52.2 Å². The van der Waals surface area contributed by atoms with E-state index in [1.54, 1.807) is 6.07 Å². The molecule has 0 bridgehead atoms. The molecule has 39 heavy (non-hydrogen) atoms. The summed E-state index contributed by atoms with van der Waals surface area (Å²) in [6.07, 6.45) is 5.87. The van der Waals surface area contributed by atoms with Crippen LogP contribution in [0.5, 0.6) is 0 Å². The van der Waals surface area contributed by atoms with Gasteiger partial charge in [0.1, 0.15) is 11.6 Å². The third-order valence-electron chi connectivity index (χ3n) is 9.08. The minimum Gasteiger partial charge on any atom is -0.415 e. The highest BCUT2D eigenvalue weighted by atomic mass is 19.1. The number of ether oxygens (including phenoxy) is 1. The third kappa shape index (κ3) is 5.51. The van der Waals surface area contributed by atoms with Crippen LogP contribution < -0.4 is 5.56 Å². The number of aromatic nitrogens is 3. The van der Waals surface area contributed by atoms with Crippen LogP contribution in [0, 0.1) is 18.2 Å². The molecule has 2 aliphatic rings. The molecule has 0 aliphatic carbocycles. The van der Waals surface area contributed by atoms with Crippen molar-refractivity contribution in [3.8, 4) is 0 Å². The molecule has 1 saturated heterocycles. The van der Waals surface area contributed by atoms with Crippen molar-refractivity contribution in [3.63, 3.8) is 0 Å². The predicted octanol–water partition coefficient (Wildman–Crippen LogP) is 5.04. The summed E-state index contributed by atoms with van der Waals surface area (Å²) in [6.45, 7) is 11.0. The Kier molecular flexibility index (Phi) is 7.64. The quantitative estimate of drug-likeness (QED) is 0.294. The van der Waals surface area contributed by atoms with Gasteiger partial charge in [0, 0.05) is 60.9 Å². The molecule has 8 nitrogen and oxygen atoms in total. The van der Waals surface area contributed by atoms with Crippen molar-refractivity contribution in [2.45, 2.75) is 85.1 Å². The molecule has 0 atom stereocenters. The number of quaternary nitrogens is 1. The van der Waals surface area contributed by atoms with E-state index in [-0.39, 0.29) is 30.0 Å². The maximum atomic E-state index is 13.7. The molecule has 3 aromatic rings. The van der Waals surface area contributed by atoms with Crippen molar-refractivity contribution in [2.75, 3.05) is 26.4 Å². The van der Waals surface area contributed by atoms with Crippen LogP contribution in [0.25, 0.3) is 11.0 Å². The highest BCUT2D eigenvalue weighted by Crippen LogP contribution is 2.36. The molecule has 2 aromatic heterocycles. The first kappa shape index (κ1) is 27.5. The normalized spacial score (nSPS) is 21.6. The topological polar surface area (TPSA) is 87.2 Å². The number of nitrogens with zero attached hydrogens (tertiary/aromatic N) is 4. The smallest absolute Gasteiger partial charge is 0.315 e. The average molecular weight is 540 g/mol. The predicted molar refractivity (Wildman–Crippen MR) is 146 cm³/mol. The maximum absolute atomic E-state index is 13.7. The highest BCUT2D eigenvalue weighted by molar-refractivity contribution is 5.80. The number of hydrogen-bond acceptors (Lipinski definition) is 6. The first-order valence-electron chi connectivity index (χ1n) is 14.3. The Morgan fingerprint density at radius 2 is 2.03 bits per heavy atom. The third-order valence-corrected chi connectivity index (χ3v) is 9.08.